The molecule has 9 nitrogen and oxygen atoms in total. The van der Waals surface area contributed by atoms with Crippen LogP contribution in [0.2, 0.25) is 0 Å². The van der Waals surface area contributed by atoms with Gasteiger partial charge in [0, 0.05) is 19.6 Å². The van der Waals surface area contributed by atoms with E-state index in [2.05, 4.69) is 15.4 Å². The number of carboxylic acid groups (broad SMARTS) is 1. The van der Waals surface area contributed by atoms with Crippen LogP contribution in [-0.2, 0) is 14.8 Å². The molecule has 0 unspecified atom stereocenters. The fourth-order valence-electron chi connectivity index (χ4n) is 0.997. The molecule has 0 heterocycles. The summed E-state index contributed by atoms with van der Waals surface area (Å²) in [5.74, 6) is -1.59. The van der Waals surface area contributed by atoms with E-state index in [4.69, 9.17) is 10.2 Å². The van der Waals surface area contributed by atoms with E-state index in [0.717, 1.165) is 0 Å². The third-order valence-electron chi connectivity index (χ3n) is 1.99. The van der Waals surface area contributed by atoms with Gasteiger partial charge < -0.3 is 20.8 Å². The molecule has 0 fully saturated rings. The Balaban J connectivity index is 4.07. The SMILES string of the molecule is CNS(=O)(=O)CCNC(=O)N[C@@H](CCO)C(=O)O. The van der Waals surface area contributed by atoms with Crippen LogP contribution in [0.5, 0.6) is 0 Å². The molecule has 18 heavy (non-hydrogen) atoms. The number of carboxylic acids is 1. The molecule has 0 aliphatic carbocycles. The summed E-state index contributed by atoms with van der Waals surface area (Å²) in [5.41, 5.74) is 0. The van der Waals surface area contributed by atoms with Crippen molar-refractivity contribution in [1.29, 1.82) is 0 Å². The number of carbonyl (C=O) groups is 2. The third kappa shape index (κ3) is 7.04. The van der Waals surface area contributed by atoms with E-state index >= 15 is 0 Å². The molecule has 2 amide bonds. The molecule has 0 radical (unpaired) electrons. The molecule has 0 aromatic heterocycles. The molecule has 5 N–H and O–H groups in total. The van der Waals surface area contributed by atoms with Gasteiger partial charge in [-0.2, -0.15) is 0 Å². The van der Waals surface area contributed by atoms with Crippen molar-refractivity contribution in [3.05, 3.63) is 0 Å². The second kappa shape index (κ2) is 7.84. The maximum atomic E-state index is 11.2. The van der Waals surface area contributed by atoms with Gasteiger partial charge in [0.2, 0.25) is 10.0 Å². The maximum absolute atomic E-state index is 11.2. The van der Waals surface area contributed by atoms with Crippen molar-refractivity contribution >= 4 is 22.0 Å². The van der Waals surface area contributed by atoms with Gasteiger partial charge in [-0.05, 0) is 7.05 Å². The molecule has 0 bridgehead atoms. The molecule has 106 valence electrons. The highest BCUT2D eigenvalue weighted by atomic mass is 32.2. The Morgan fingerprint density at radius 2 is 1.94 bits per heavy atom. The number of aliphatic carboxylic acids is 1. The number of aliphatic hydroxyl groups excluding tert-OH is 1. The Hall–Kier alpha value is -1.39. The average Bonchev–Trinajstić information content (AvgIpc) is 2.28. The van der Waals surface area contributed by atoms with Gasteiger partial charge >= 0.3 is 12.0 Å². The first-order valence-corrected chi connectivity index (χ1v) is 6.77. The first kappa shape index (κ1) is 16.6. The summed E-state index contributed by atoms with van der Waals surface area (Å²) < 4.78 is 24.1. The molecule has 1 atom stereocenters. The lowest BCUT2D eigenvalue weighted by Crippen LogP contribution is -2.47. The van der Waals surface area contributed by atoms with Crippen molar-refractivity contribution in [2.24, 2.45) is 0 Å². The number of aliphatic hydroxyl groups is 1. The summed E-state index contributed by atoms with van der Waals surface area (Å²) >= 11 is 0. The lowest BCUT2D eigenvalue weighted by molar-refractivity contribution is -0.139. The second-order valence-electron chi connectivity index (χ2n) is 3.33. The van der Waals surface area contributed by atoms with E-state index in [-0.39, 0.29) is 25.3 Å². The largest absolute Gasteiger partial charge is 0.480 e. The van der Waals surface area contributed by atoms with E-state index in [1.807, 2.05) is 0 Å². The molecule has 0 saturated carbocycles. The van der Waals surface area contributed by atoms with Crippen LogP contribution >= 0.6 is 0 Å². The molecular formula is C8H17N3O6S. The van der Waals surface area contributed by atoms with Crippen molar-refractivity contribution < 1.29 is 28.2 Å². The first-order chi connectivity index (χ1) is 8.32. The van der Waals surface area contributed by atoms with Crippen LogP contribution in [0.25, 0.3) is 0 Å². The van der Waals surface area contributed by atoms with Crippen LogP contribution in [0.3, 0.4) is 0 Å². The van der Waals surface area contributed by atoms with Crippen molar-refractivity contribution in [1.82, 2.24) is 15.4 Å². The highest BCUT2D eigenvalue weighted by molar-refractivity contribution is 7.89. The minimum atomic E-state index is -3.42. The van der Waals surface area contributed by atoms with Crippen molar-refractivity contribution in [3.8, 4) is 0 Å². The number of hydrogen-bond donors (Lipinski definition) is 5. The molecule has 0 aromatic rings. The Morgan fingerprint density at radius 1 is 1.33 bits per heavy atom. The second-order valence-corrected chi connectivity index (χ2v) is 5.37. The van der Waals surface area contributed by atoms with Crippen LogP contribution in [0.4, 0.5) is 4.79 Å². The van der Waals surface area contributed by atoms with E-state index in [1.54, 1.807) is 0 Å². The van der Waals surface area contributed by atoms with E-state index in [0.29, 0.717) is 0 Å². The standard InChI is InChI=1S/C8H17N3O6S/c1-9-18(16,17)5-3-10-8(15)11-6(2-4-12)7(13)14/h6,9,12H,2-5H2,1H3,(H,13,14)(H2,10,11,15)/t6-/m0/s1. The summed E-state index contributed by atoms with van der Waals surface area (Å²) in [4.78, 5) is 21.9. The number of nitrogens with one attached hydrogen (secondary N) is 3. The van der Waals surface area contributed by atoms with Gasteiger partial charge in [-0.15, -0.1) is 0 Å². The zero-order valence-corrected chi connectivity index (χ0v) is 10.7. The Labute approximate surface area is 105 Å². The predicted octanol–water partition coefficient (Wildman–Crippen LogP) is -2.33. The third-order valence-corrected chi connectivity index (χ3v) is 3.35. The highest BCUT2D eigenvalue weighted by Crippen LogP contribution is 1.91. The normalized spacial score (nSPS) is 12.8. The van der Waals surface area contributed by atoms with Gasteiger partial charge in [-0.3, -0.25) is 0 Å². The van der Waals surface area contributed by atoms with Crippen molar-refractivity contribution in [2.45, 2.75) is 12.5 Å². The Kier molecular flexibility index (Phi) is 7.24. The molecule has 0 spiro atoms. The summed E-state index contributed by atoms with van der Waals surface area (Å²) in [6.45, 7) is -0.536. The van der Waals surface area contributed by atoms with Crippen molar-refractivity contribution in [2.75, 3.05) is 26.0 Å². The molecule has 0 saturated heterocycles. The fraction of sp³-hybridized carbons (Fsp3) is 0.750. The van der Waals surface area contributed by atoms with Gasteiger partial charge in [-0.25, -0.2) is 22.7 Å². The summed E-state index contributed by atoms with van der Waals surface area (Å²) in [6, 6.07) is -2.02. The zero-order valence-electron chi connectivity index (χ0n) is 9.84. The average molecular weight is 283 g/mol. The molecule has 10 heteroatoms. The minimum absolute atomic E-state index is 0.127. The lowest BCUT2D eigenvalue weighted by atomic mass is 10.2. The topological polar surface area (TPSA) is 145 Å². The summed E-state index contributed by atoms with van der Waals surface area (Å²) in [5, 5.41) is 21.6. The van der Waals surface area contributed by atoms with E-state index in [9.17, 15) is 18.0 Å². The van der Waals surface area contributed by atoms with Crippen molar-refractivity contribution in [3.63, 3.8) is 0 Å². The number of hydrogen-bond acceptors (Lipinski definition) is 5. The molecule has 0 rings (SSSR count). The minimum Gasteiger partial charge on any atom is -0.480 e. The molecule has 0 aliphatic heterocycles. The van der Waals surface area contributed by atoms with Crippen LogP contribution in [0.15, 0.2) is 0 Å². The van der Waals surface area contributed by atoms with Gasteiger partial charge in [0.1, 0.15) is 6.04 Å². The molecule has 0 aromatic carbocycles. The first-order valence-electron chi connectivity index (χ1n) is 5.11. The fourth-order valence-corrected chi connectivity index (χ4v) is 1.57. The number of urea groups is 1. The van der Waals surface area contributed by atoms with Gasteiger partial charge in [0.05, 0.1) is 5.75 Å². The number of carbonyl (C=O) groups excluding carboxylic acids is 1. The maximum Gasteiger partial charge on any atom is 0.326 e. The monoisotopic (exact) mass is 283 g/mol. The van der Waals surface area contributed by atoms with Crippen LogP contribution in [-0.4, -0.2) is 62.6 Å². The highest BCUT2D eigenvalue weighted by Gasteiger charge is 2.19. The lowest BCUT2D eigenvalue weighted by Gasteiger charge is -2.13. The number of rotatable bonds is 8. The van der Waals surface area contributed by atoms with Crippen LogP contribution in [0.1, 0.15) is 6.42 Å². The van der Waals surface area contributed by atoms with Gasteiger partial charge in [0.25, 0.3) is 0 Å². The molecule has 0 aliphatic rings. The van der Waals surface area contributed by atoms with Gasteiger partial charge in [0.15, 0.2) is 0 Å². The number of sulfonamides is 1. The predicted molar refractivity (Wildman–Crippen MR) is 62.5 cm³/mol. The van der Waals surface area contributed by atoms with Gasteiger partial charge in [-0.1, -0.05) is 0 Å². The smallest absolute Gasteiger partial charge is 0.326 e. The Bertz CT molecular complexity index is 382. The zero-order chi connectivity index (χ0) is 14.2. The summed E-state index contributed by atoms with van der Waals surface area (Å²) in [7, 11) is -2.17. The Morgan fingerprint density at radius 3 is 2.39 bits per heavy atom. The van der Waals surface area contributed by atoms with Crippen LogP contribution < -0.4 is 15.4 Å². The van der Waals surface area contributed by atoms with E-state index < -0.39 is 28.1 Å². The summed E-state index contributed by atoms with van der Waals surface area (Å²) in [6.07, 6.45) is -0.127. The number of amides is 2. The quantitative estimate of drug-likeness (QED) is 0.338. The van der Waals surface area contributed by atoms with E-state index in [1.165, 1.54) is 7.05 Å². The molecular weight excluding hydrogens is 266 g/mol. The van der Waals surface area contributed by atoms with Crippen LogP contribution in [0, 0.1) is 0 Å².